The number of nitrogens with zero attached hydrogens (tertiary/aromatic N) is 3. The van der Waals surface area contributed by atoms with Crippen LogP contribution in [0.3, 0.4) is 0 Å². The highest BCUT2D eigenvalue weighted by molar-refractivity contribution is 6.31. The molecule has 2 aromatic carbocycles. The van der Waals surface area contributed by atoms with Gasteiger partial charge in [0.25, 0.3) is 0 Å². The molecule has 0 spiro atoms. The normalized spacial score (nSPS) is 11.5. The molecule has 3 rings (SSSR count). The predicted molar refractivity (Wildman–Crippen MR) is 96.5 cm³/mol. The maximum atomic E-state index is 6.13. The Morgan fingerprint density at radius 2 is 1.88 bits per heavy atom. The summed E-state index contributed by atoms with van der Waals surface area (Å²) in [6.45, 7) is 0.852. The number of hydrogen-bond acceptors (Lipinski definition) is 3. The summed E-state index contributed by atoms with van der Waals surface area (Å²) >= 11 is 12.1. The summed E-state index contributed by atoms with van der Waals surface area (Å²) in [7, 11) is 0. The highest BCUT2D eigenvalue weighted by Gasteiger charge is 2.07. The lowest BCUT2D eigenvalue weighted by Gasteiger charge is -2.09. The highest BCUT2D eigenvalue weighted by Crippen LogP contribution is 2.16. The van der Waals surface area contributed by atoms with Crippen LogP contribution in [0.4, 0.5) is 0 Å². The van der Waals surface area contributed by atoms with Gasteiger partial charge in [-0.15, -0.1) is 0 Å². The molecular weight excluding hydrogens is 345 g/mol. The maximum Gasteiger partial charge on any atom is 0.143 e. The number of benzene rings is 2. The van der Waals surface area contributed by atoms with Gasteiger partial charge in [-0.1, -0.05) is 58.7 Å². The van der Waals surface area contributed by atoms with Crippen molar-refractivity contribution in [3.63, 3.8) is 0 Å². The lowest BCUT2D eigenvalue weighted by atomic mass is 10.1. The van der Waals surface area contributed by atoms with Gasteiger partial charge < -0.3 is 9.40 Å². The van der Waals surface area contributed by atoms with Gasteiger partial charge in [-0.25, -0.2) is 4.98 Å². The van der Waals surface area contributed by atoms with Crippen LogP contribution in [-0.4, -0.2) is 15.3 Å². The fourth-order valence-electron chi connectivity index (χ4n) is 2.16. The average Bonchev–Trinajstić information content (AvgIpc) is 3.09. The molecule has 0 saturated carbocycles. The van der Waals surface area contributed by atoms with Crippen molar-refractivity contribution < 1.29 is 4.84 Å². The summed E-state index contributed by atoms with van der Waals surface area (Å²) in [6.07, 6.45) is 5.34. The third-order valence-corrected chi connectivity index (χ3v) is 4.04. The number of hydrogen-bond donors (Lipinski definition) is 0. The van der Waals surface area contributed by atoms with Crippen LogP contribution in [0.5, 0.6) is 0 Å². The molecule has 0 unspecified atom stereocenters. The van der Waals surface area contributed by atoms with E-state index in [2.05, 4.69) is 10.1 Å². The third kappa shape index (κ3) is 4.37. The monoisotopic (exact) mass is 359 g/mol. The van der Waals surface area contributed by atoms with Crippen molar-refractivity contribution in [1.29, 1.82) is 0 Å². The lowest BCUT2D eigenvalue weighted by molar-refractivity contribution is 0.130. The van der Waals surface area contributed by atoms with Crippen LogP contribution in [0, 0.1) is 0 Å². The first kappa shape index (κ1) is 16.6. The molecule has 1 heterocycles. The largest absolute Gasteiger partial charge is 0.391 e. The van der Waals surface area contributed by atoms with Gasteiger partial charge in [0.05, 0.1) is 12.9 Å². The van der Waals surface area contributed by atoms with E-state index < -0.39 is 0 Å². The van der Waals surface area contributed by atoms with Crippen molar-refractivity contribution in [3.05, 3.63) is 88.4 Å². The zero-order valence-corrected chi connectivity index (χ0v) is 14.3. The highest BCUT2D eigenvalue weighted by atomic mass is 35.5. The van der Waals surface area contributed by atoms with Gasteiger partial charge in [0.1, 0.15) is 12.3 Å². The fourth-order valence-corrected chi connectivity index (χ4v) is 2.48. The summed E-state index contributed by atoms with van der Waals surface area (Å²) in [5.41, 5.74) is 2.60. The summed E-state index contributed by atoms with van der Waals surface area (Å²) < 4.78 is 1.92. The summed E-state index contributed by atoms with van der Waals surface area (Å²) in [5.74, 6) is 0. The molecule has 1 aromatic heterocycles. The Morgan fingerprint density at radius 3 is 2.58 bits per heavy atom. The van der Waals surface area contributed by atoms with E-state index in [9.17, 15) is 0 Å². The molecule has 24 heavy (non-hydrogen) atoms. The van der Waals surface area contributed by atoms with Gasteiger partial charge >= 0.3 is 0 Å². The number of aromatic nitrogens is 2. The smallest absolute Gasteiger partial charge is 0.143 e. The Hall–Kier alpha value is -2.30. The molecule has 4 nitrogen and oxygen atoms in total. The molecule has 0 amide bonds. The van der Waals surface area contributed by atoms with Crippen LogP contribution >= 0.6 is 23.2 Å². The van der Waals surface area contributed by atoms with Crippen molar-refractivity contribution in [1.82, 2.24) is 9.55 Å². The van der Waals surface area contributed by atoms with Crippen molar-refractivity contribution in [3.8, 4) is 0 Å². The number of rotatable bonds is 6. The second kappa shape index (κ2) is 7.99. The maximum absolute atomic E-state index is 6.13. The van der Waals surface area contributed by atoms with Crippen LogP contribution in [0.15, 0.2) is 72.4 Å². The van der Waals surface area contributed by atoms with Gasteiger partial charge in [0.15, 0.2) is 0 Å². The van der Waals surface area contributed by atoms with Crippen molar-refractivity contribution >= 4 is 28.9 Å². The van der Waals surface area contributed by atoms with E-state index in [1.165, 1.54) is 0 Å². The predicted octanol–water partition coefficient (Wildman–Crippen LogP) is 4.81. The fraction of sp³-hybridized carbons (Fsp3) is 0.111. The Bertz CT molecular complexity index is 815. The molecule has 0 bridgehead atoms. The minimum absolute atomic E-state index is 0.306. The van der Waals surface area contributed by atoms with Crippen molar-refractivity contribution in [2.75, 3.05) is 0 Å². The Morgan fingerprint density at radius 1 is 1.08 bits per heavy atom. The van der Waals surface area contributed by atoms with Gasteiger partial charge in [-0.2, -0.15) is 0 Å². The van der Waals surface area contributed by atoms with E-state index in [4.69, 9.17) is 28.0 Å². The second-order valence-electron chi connectivity index (χ2n) is 5.14. The molecule has 0 saturated heterocycles. The van der Waals surface area contributed by atoms with E-state index in [-0.39, 0.29) is 0 Å². The molecule has 0 radical (unpaired) electrons. The van der Waals surface area contributed by atoms with E-state index in [0.29, 0.717) is 23.2 Å². The zero-order valence-electron chi connectivity index (χ0n) is 12.8. The lowest BCUT2D eigenvalue weighted by Crippen LogP contribution is -2.11. The molecule has 0 aliphatic rings. The molecule has 0 aliphatic carbocycles. The Balaban J connectivity index is 1.78. The zero-order chi connectivity index (χ0) is 16.8. The van der Waals surface area contributed by atoms with E-state index >= 15 is 0 Å². The van der Waals surface area contributed by atoms with Gasteiger partial charge in [-0.3, -0.25) is 0 Å². The number of halogens is 2. The number of oxime groups is 1. The minimum Gasteiger partial charge on any atom is -0.391 e. The van der Waals surface area contributed by atoms with E-state index in [0.717, 1.165) is 16.8 Å². The van der Waals surface area contributed by atoms with Crippen molar-refractivity contribution in [2.24, 2.45) is 5.16 Å². The van der Waals surface area contributed by atoms with Crippen LogP contribution in [0.25, 0.3) is 0 Å². The minimum atomic E-state index is 0.306. The molecular formula is C18H15Cl2N3O. The molecule has 0 aliphatic heterocycles. The van der Waals surface area contributed by atoms with E-state index in [1.807, 2.05) is 59.3 Å². The Kier molecular flexibility index (Phi) is 5.51. The second-order valence-corrected chi connectivity index (χ2v) is 5.99. The first-order chi connectivity index (χ1) is 11.7. The standard InChI is InChI=1S/C18H15Cl2N3O/c19-16-7-5-14(6-8-16)18(11-23-10-9-21-13-23)22-24-12-15-3-1-2-4-17(15)20/h1-10,13H,11-12H2. The number of imidazole rings is 1. The molecule has 122 valence electrons. The van der Waals surface area contributed by atoms with Crippen LogP contribution < -0.4 is 0 Å². The summed E-state index contributed by atoms with van der Waals surface area (Å²) in [5, 5.41) is 5.64. The molecule has 0 N–H and O–H groups in total. The van der Waals surface area contributed by atoms with Crippen LogP contribution in [0.1, 0.15) is 11.1 Å². The first-order valence-electron chi connectivity index (χ1n) is 7.36. The van der Waals surface area contributed by atoms with Crippen LogP contribution in [-0.2, 0) is 18.0 Å². The summed E-state index contributed by atoms with van der Waals surface area (Å²) in [6, 6.07) is 15.0. The molecule has 3 aromatic rings. The molecule has 0 atom stereocenters. The first-order valence-corrected chi connectivity index (χ1v) is 8.12. The SMILES string of the molecule is Clc1ccc(C(Cn2ccnc2)=NOCc2ccccc2Cl)cc1. The van der Waals surface area contributed by atoms with E-state index in [1.54, 1.807) is 12.5 Å². The van der Waals surface area contributed by atoms with Gasteiger partial charge in [0.2, 0.25) is 0 Å². The average molecular weight is 360 g/mol. The third-order valence-electron chi connectivity index (χ3n) is 3.42. The molecule has 0 fully saturated rings. The quantitative estimate of drug-likeness (QED) is 0.467. The summed E-state index contributed by atoms with van der Waals surface area (Å²) in [4.78, 5) is 9.58. The topological polar surface area (TPSA) is 39.4 Å². The van der Waals surface area contributed by atoms with Gasteiger partial charge in [-0.05, 0) is 18.2 Å². The van der Waals surface area contributed by atoms with Gasteiger partial charge in [0, 0.05) is 33.6 Å². The van der Waals surface area contributed by atoms with Crippen molar-refractivity contribution in [2.45, 2.75) is 13.2 Å². The Labute approximate surface area is 150 Å². The molecule has 6 heteroatoms. The van der Waals surface area contributed by atoms with Crippen LogP contribution in [0.2, 0.25) is 10.0 Å².